The van der Waals surface area contributed by atoms with E-state index < -0.39 is 0 Å². The van der Waals surface area contributed by atoms with Crippen LogP contribution in [0, 0.1) is 0 Å². The van der Waals surface area contributed by atoms with E-state index in [4.69, 9.17) is 0 Å². The van der Waals surface area contributed by atoms with Crippen LogP contribution in [-0.4, -0.2) is 75.7 Å². The van der Waals surface area contributed by atoms with Gasteiger partial charge in [-0.15, -0.1) is 24.0 Å². The molecule has 0 spiro atoms. The quantitative estimate of drug-likeness (QED) is 0.241. The molecule has 0 aromatic heterocycles. The molecule has 5 nitrogen and oxygen atoms in total. The van der Waals surface area contributed by atoms with Crippen LogP contribution < -0.4 is 10.6 Å². The van der Waals surface area contributed by atoms with Crippen molar-refractivity contribution in [1.29, 1.82) is 0 Å². The van der Waals surface area contributed by atoms with Crippen LogP contribution in [0.15, 0.2) is 29.3 Å². The second kappa shape index (κ2) is 13.4. The van der Waals surface area contributed by atoms with E-state index in [0.717, 1.165) is 38.4 Å². The number of likely N-dealkylation sites (N-methyl/N-ethyl adjacent to an activating group) is 1. The molecular formula is C23H42IN5. The third kappa shape index (κ3) is 9.22. The van der Waals surface area contributed by atoms with Gasteiger partial charge in [-0.25, -0.2) is 0 Å². The van der Waals surface area contributed by atoms with E-state index in [0.29, 0.717) is 0 Å². The van der Waals surface area contributed by atoms with Crippen molar-refractivity contribution in [2.24, 2.45) is 4.99 Å². The number of halogens is 1. The summed E-state index contributed by atoms with van der Waals surface area (Å²) in [7, 11) is 4.07. The van der Waals surface area contributed by atoms with E-state index in [9.17, 15) is 0 Å². The fraction of sp³-hybridized carbons (Fsp3) is 0.696. The van der Waals surface area contributed by atoms with Gasteiger partial charge in [-0.1, -0.05) is 45.0 Å². The zero-order valence-corrected chi connectivity index (χ0v) is 21.5. The van der Waals surface area contributed by atoms with Crippen molar-refractivity contribution in [3.63, 3.8) is 0 Å². The summed E-state index contributed by atoms with van der Waals surface area (Å²) in [6.45, 7) is 14.6. The SMILES string of the molecule is CCc1ccc(C(C)(C)CNC(=NC)NCCCN2CCCN(C)CC2)cc1.I. The Morgan fingerprint density at radius 3 is 2.45 bits per heavy atom. The molecule has 1 aliphatic heterocycles. The summed E-state index contributed by atoms with van der Waals surface area (Å²) in [6.07, 6.45) is 3.51. The second-order valence-corrected chi connectivity index (χ2v) is 8.64. The molecule has 29 heavy (non-hydrogen) atoms. The maximum atomic E-state index is 4.40. The van der Waals surface area contributed by atoms with Gasteiger partial charge in [0, 0.05) is 38.6 Å². The molecule has 2 N–H and O–H groups in total. The zero-order chi connectivity index (χ0) is 20.4. The molecule has 0 unspecified atom stereocenters. The van der Waals surface area contributed by atoms with Gasteiger partial charge in [0.2, 0.25) is 0 Å². The first-order valence-electron chi connectivity index (χ1n) is 10.9. The zero-order valence-electron chi connectivity index (χ0n) is 19.1. The van der Waals surface area contributed by atoms with Crippen molar-refractivity contribution in [3.8, 4) is 0 Å². The molecule has 1 aromatic rings. The summed E-state index contributed by atoms with van der Waals surface area (Å²) in [5, 5.41) is 6.99. The lowest BCUT2D eigenvalue weighted by Crippen LogP contribution is -2.44. The van der Waals surface area contributed by atoms with E-state index in [1.807, 2.05) is 7.05 Å². The summed E-state index contributed by atoms with van der Waals surface area (Å²) in [5.74, 6) is 0.897. The Bertz CT molecular complexity index is 600. The molecule has 6 heteroatoms. The Hall–Kier alpha value is -0.860. The summed E-state index contributed by atoms with van der Waals surface area (Å²) in [5.41, 5.74) is 2.81. The molecule has 1 heterocycles. The number of aryl methyl sites for hydroxylation is 1. The van der Waals surface area contributed by atoms with Crippen molar-refractivity contribution in [2.75, 3.05) is 59.9 Å². The number of nitrogens with zero attached hydrogens (tertiary/aromatic N) is 3. The molecular weight excluding hydrogens is 473 g/mol. The number of benzene rings is 1. The lowest BCUT2D eigenvalue weighted by molar-refractivity contribution is 0.274. The van der Waals surface area contributed by atoms with Crippen LogP contribution in [0.25, 0.3) is 0 Å². The molecule has 1 fully saturated rings. The van der Waals surface area contributed by atoms with Gasteiger partial charge < -0.3 is 20.4 Å². The minimum Gasteiger partial charge on any atom is -0.356 e. The third-order valence-corrected chi connectivity index (χ3v) is 5.82. The molecule has 1 saturated heterocycles. The van der Waals surface area contributed by atoms with E-state index >= 15 is 0 Å². The summed E-state index contributed by atoms with van der Waals surface area (Å²) in [4.78, 5) is 9.42. The summed E-state index contributed by atoms with van der Waals surface area (Å²) in [6, 6.07) is 9.00. The van der Waals surface area contributed by atoms with Gasteiger partial charge in [0.05, 0.1) is 0 Å². The highest BCUT2D eigenvalue weighted by molar-refractivity contribution is 14.0. The Balaban J connectivity index is 0.00000420. The lowest BCUT2D eigenvalue weighted by atomic mass is 9.84. The summed E-state index contributed by atoms with van der Waals surface area (Å²) >= 11 is 0. The number of rotatable bonds is 8. The van der Waals surface area contributed by atoms with Crippen molar-refractivity contribution >= 4 is 29.9 Å². The van der Waals surface area contributed by atoms with Gasteiger partial charge >= 0.3 is 0 Å². The van der Waals surface area contributed by atoms with E-state index in [-0.39, 0.29) is 29.4 Å². The Morgan fingerprint density at radius 1 is 1.07 bits per heavy atom. The predicted octanol–water partition coefficient (Wildman–Crippen LogP) is 3.34. The van der Waals surface area contributed by atoms with Crippen LogP contribution >= 0.6 is 24.0 Å². The van der Waals surface area contributed by atoms with E-state index in [1.54, 1.807) is 0 Å². The monoisotopic (exact) mass is 515 g/mol. The van der Waals surface area contributed by atoms with Gasteiger partial charge in [-0.05, 0) is 57.1 Å². The molecule has 1 aliphatic rings. The standard InChI is InChI=1S/C23H41N5.HI/c1-6-20-9-11-21(12-10-20)23(2,3)19-26-22(24-4)25-13-7-15-28-16-8-14-27(5)17-18-28;/h9-12H,6-8,13-19H2,1-5H3,(H2,24,25,26);1H. The molecule has 1 aromatic carbocycles. The van der Waals surface area contributed by atoms with Crippen LogP contribution in [0.3, 0.4) is 0 Å². The summed E-state index contributed by atoms with van der Waals surface area (Å²) < 4.78 is 0. The molecule has 0 amide bonds. The molecule has 0 saturated carbocycles. The van der Waals surface area contributed by atoms with Gasteiger partial charge in [-0.3, -0.25) is 4.99 Å². The van der Waals surface area contributed by atoms with Crippen molar-refractivity contribution < 1.29 is 0 Å². The molecule has 0 bridgehead atoms. The first-order chi connectivity index (χ1) is 13.4. The number of hydrogen-bond donors (Lipinski definition) is 2. The predicted molar refractivity (Wildman–Crippen MR) is 137 cm³/mol. The first kappa shape index (κ1) is 26.2. The highest BCUT2D eigenvalue weighted by Crippen LogP contribution is 2.22. The van der Waals surface area contributed by atoms with Crippen molar-refractivity contribution in [2.45, 2.75) is 45.4 Å². The highest BCUT2D eigenvalue weighted by Gasteiger charge is 2.21. The van der Waals surface area contributed by atoms with E-state index in [1.165, 1.54) is 43.7 Å². The van der Waals surface area contributed by atoms with Gasteiger partial charge in [0.25, 0.3) is 0 Å². The first-order valence-corrected chi connectivity index (χ1v) is 10.9. The van der Waals surface area contributed by atoms with Crippen LogP contribution in [0.4, 0.5) is 0 Å². The molecule has 166 valence electrons. The topological polar surface area (TPSA) is 42.9 Å². The second-order valence-electron chi connectivity index (χ2n) is 8.64. The largest absolute Gasteiger partial charge is 0.356 e. The van der Waals surface area contributed by atoms with Gasteiger partial charge in [-0.2, -0.15) is 0 Å². The third-order valence-electron chi connectivity index (χ3n) is 5.82. The van der Waals surface area contributed by atoms with Gasteiger partial charge in [0.1, 0.15) is 0 Å². The molecule has 0 radical (unpaired) electrons. The number of nitrogens with one attached hydrogen (secondary N) is 2. The molecule has 0 atom stereocenters. The smallest absolute Gasteiger partial charge is 0.191 e. The maximum absolute atomic E-state index is 4.40. The average Bonchev–Trinajstić information content (AvgIpc) is 2.91. The Morgan fingerprint density at radius 2 is 1.79 bits per heavy atom. The van der Waals surface area contributed by atoms with Crippen LogP contribution in [0.2, 0.25) is 0 Å². The minimum atomic E-state index is 0. The van der Waals surface area contributed by atoms with Gasteiger partial charge in [0.15, 0.2) is 5.96 Å². The van der Waals surface area contributed by atoms with Crippen molar-refractivity contribution in [1.82, 2.24) is 20.4 Å². The maximum Gasteiger partial charge on any atom is 0.191 e. The fourth-order valence-electron chi connectivity index (χ4n) is 3.65. The Labute approximate surface area is 195 Å². The van der Waals surface area contributed by atoms with Crippen LogP contribution in [0.5, 0.6) is 0 Å². The average molecular weight is 516 g/mol. The highest BCUT2D eigenvalue weighted by atomic mass is 127. The minimum absolute atomic E-state index is 0. The fourth-order valence-corrected chi connectivity index (χ4v) is 3.65. The number of aliphatic imine (C=N–C) groups is 1. The normalized spacial score (nSPS) is 16.8. The Kier molecular flexibility index (Phi) is 12.1. The molecule has 0 aliphatic carbocycles. The van der Waals surface area contributed by atoms with Crippen LogP contribution in [0.1, 0.15) is 44.7 Å². The van der Waals surface area contributed by atoms with Crippen molar-refractivity contribution in [3.05, 3.63) is 35.4 Å². The van der Waals surface area contributed by atoms with E-state index in [2.05, 4.69) is 77.5 Å². The number of hydrogen-bond acceptors (Lipinski definition) is 3. The molecule has 2 rings (SSSR count). The number of guanidine groups is 1. The lowest BCUT2D eigenvalue weighted by Gasteiger charge is -2.27. The van der Waals surface area contributed by atoms with Crippen LogP contribution in [-0.2, 0) is 11.8 Å².